The molecule has 0 nitrogen and oxygen atoms in total. The second kappa shape index (κ2) is 18.5. The van der Waals surface area contributed by atoms with E-state index in [9.17, 15) is 4.39 Å². The van der Waals surface area contributed by atoms with Gasteiger partial charge in [-0.3, -0.25) is 4.39 Å². The zero-order valence-electron chi connectivity index (χ0n) is 14.8. The predicted octanol–water partition coefficient (Wildman–Crippen LogP) is 3.27. The van der Waals surface area contributed by atoms with Crippen molar-refractivity contribution in [1.29, 1.82) is 0 Å². The van der Waals surface area contributed by atoms with Crippen LogP contribution in [0.15, 0.2) is 12.1 Å². The third-order valence-corrected chi connectivity index (χ3v) is 2.61. The van der Waals surface area contributed by atoms with Gasteiger partial charge in [0.15, 0.2) is 0 Å². The Hall–Kier alpha value is 1.49. The third kappa shape index (κ3) is 8.82. The molecule has 1 unspecified atom stereocenters. The zero-order chi connectivity index (χ0) is 14.7. The first-order valence-corrected chi connectivity index (χ1v) is 7.32. The smallest absolute Gasteiger partial charge is 0.283 e. The number of rotatable bonds is 0. The van der Waals surface area contributed by atoms with Crippen LogP contribution in [0, 0.1) is 19.2 Å². The number of hydrogen-bond acceptors (Lipinski definition) is 0. The maximum atomic E-state index is 13.4. The van der Waals surface area contributed by atoms with Crippen molar-refractivity contribution < 1.29 is 83.0 Å². The topological polar surface area (TPSA) is 0 Å². The second-order valence-corrected chi connectivity index (χ2v) is 3.54. The molecule has 0 spiro atoms. The van der Waals surface area contributed by atoms with E-state index in [-0.39, 0.29) is 84.4 Å². The summed E-state index contributed by atoms with van der Waals surface area (Å²) < 4.78 is 13.4. The molecule has 1 aromatic carbocycles. The van der Waals surface area contributed by atoms with Crippen LogP contribution in [0.4, 0.5) is 4.39 Å². The monoisotopic (exact) mass is 525 g/mol. The van der Waals surface area contributed by atoms with Crippen LogP contribution in [0.2, 0.25) is 0 Å². The van der Waals surface area contributed by atoms with Gasteiger partial charge < -0.3 is 0 Å². The summed E-state index contributed by atoms with van der Waals surface area (Å²) in [4.78, 5) is 0. The summed E-state index contributed by atoms with van der Waals surface area (Å²) in [5, 5.41) is 0. The van der Waals surface area contributed by atoms with Crippen LogP contribution >= 0.6 is 0 Å². The Kier molecular flexibility index (Phi) is 27.3. The first-order valence-electron chi connectivity index (χ1n) is 7.32. The molecule has 1 aliphatic carbocycles. The summed E-state index contributed by atoms with van der Waals surface area (Å²) in [7, 11) is 0. The molecule has 3 heteroatoms. The van der Waals surface area contributed by atoms with Gasteiger partial charge in [0, 0.05) is 26.2 Å². The van der Waals surface area contributed by atoms with E-state index >= 15 is 0 Å². The molecule has 1 aromatic rings. The summed E-state index contributed by atoms with van der Waals surface area (Å²) >= 11 is 0. The fraction of sp³-hybridized carbons (Fsp3) is 0.588. The SMILES string of the molecule is CC.CC.CC.Cc1ccc2c(c1F)[CH-]CC2C.[Rb+].[Re]. The molecule has 1 atom stereocenters. The summed E-state index contributed by atoms with van der Waals surface area (Å²) in [5.41, 5.74) is 2.75. The van der Waals surface area contributed by atoms with Crippen LogP contribution in [0.5, 0.6) is 0 Å². The minimum absolute atomic E-state index is 0. The minimum Gasteiger partial charge on any atom is -0.283 e. The number of benzene rings is 1. The van der Waals surface area contributed by atoms with Crippen LogP contribution in [-0.2, 0) is 20.4 Å². The van der Waals surface area contributed by atoms with E-state index < -0.39 is 0 Å². The molecule has 1 radical (unpaired) electrons. The van der Waals surface area contributed by atoms with Crippen molar-refractivity contribution in [2.75, 3.05) is 0 Å². The molecular weight excluding hydrogens is 495 g/mol. The number of hydrogen-bond donors (Lipinski definition) is 0. The molecule has 0 amide bonds. The fourth-order valence-electron chi connectivity index (χ4n) is 1.78. The van der Waals surface area contributed by atoms with Crippen molar-refractivity contribution in [3.05, 3.63) is 41.1 Å². The van der Waals surface area contributed by atoms with Crippen LogP contribution in [0.1, 0.15) is 77.5 Å². The molecule has 20 heavy (non-hydrogen) atoms. The second-order valence-electron chi connectivity index (χ2n) is 3.54. The molecule has 0 saturated carbocycles. The molecule has 1 aliphatic rings. The van der Waals surface area contributed by atoms with Crippen molar-refractivity contribution in [3.8, 4) is 0 Å². The van der Waals surface area contributed by atoms with E-state index in [1.54, 1.807) is 0 Å². The van der Waals surface area contributed by atoms with Gasteiger partial charge in [0.25, 0.3) is 0 Å². The maximum absolute atomic E-state index is 13.4. The van der Waals surface area contributed by atoms with Crippen molar-refractivity contribution in [2.24, 2.45) is 0 Å². The normalized spacial score (nSPS) is 13.2. The summed E-state index contributed by atoms with van der Waals surface area (Å²) in [6.45, 7) is 15.9. The summed E-state index contributed by atoms with van der Waals surface area (Å²) in [6, 6.07) is 3.91. The van der Waals surface area contributed by atoms with E-state index in [1.165, 1.54) is 0 Å². The van der Waals surface area contributed by atoms with E-state index in [0.29, 0.717) is 5.92 Å². The van der Waals surface area contributed by atoms with Gasteiger partial charge in [-0.1, -0.05) is 72.4 Å². The standard InChI is InChI=1S/C11H12F.3C2H6.Rb.Re/c1-7-3-6-10-9(7)5-4-8(2)11(10)12;3*1-2;;/h4-7H,3H2,1-2H3;3*1-2H3;;/q-1;;;;+1;. The molecule has 0 fully saturated rings. The first-order chi connectivity index (χ1) is 8.70. The van der Waals surface area contributed by atoms with Gasteiger partial charge in [-0.05, 0) is 6.92 Å². The molecular formula is C17H30FRbRe. The molecule has 0 N–H and O–H groups in total. The van der Waals surface area contributed by atoms with Crippen molar-refractivity contribution in [2.45, 2.75) is 67.7 Å². The quantitative estimate of drug-likeness (QED) is 0.457. The van der Waals surface area contributed by atoms with Crippen LogP contribution in [0.25, 0.3) is 0 Å². The molecule has 0 saturated heterocycles. The molecule has 0 aromatic heterocycles. The average molecular weight is 525 g/mol. The Labute approximate surface area is 189 Å². The third-order valence-electron chi connectivity index (χ3n) is 2.61. The minimum atomic E-state index is -0.0307. The van der Waals surface area contributed by atoms with E-state index in [1.807, 2.05) is 67.0 Å². The Bertz CT molecular complexity index is 327. The molecule has 0 aliphatic heterocycles. The van der Waals surface area contributed by atoms with E-state index in [0.717, 1.165) is 23.1 Å². The summed E-state index contributed by atoms with van der Waals surface area (Å²) in [5.74, 6) is 0.465. The number of aryl methyl sites for hydroxylation is 1. The molecule has 113 valence electrons. The largest absolute Gasteiger partial charge is 1.00 e. The van der Waals surface area contributed by atoms with Crippen LogP contribution in [0.3, 0.4) is 0 Å². The Morgan fingerprint density at radius 2 is 1.50 bits per heavy atom. The van der Waals surface area contributed by atoms with Gasteiger partial charge >= 0.3 is 58.2 Å². The molecule has 0 heterocycles. The van der Waals surface area contributed by atoms with Crippen LogP contribution in [-0.4, -0.2) is 0 Å². The van der Waals surface area contributed by atoms with E-state index in [2.05, 4.69) is 6.92 Å². The van der Waals surface area contributed by atoms with Crippen molar-refractivity contribution >= 4 is 0 Å². The van der Waals surface area contributed by atoms with Crippen molar-refractivity contribution in [3.63, 3.8) is 0 Å². The van der Waals surface area contributed by atoms with Gasteiger partial charge in [0.2, 0.25) is 0 Å². The van der Waals surface area contributed by atoms with Gasteiger partial charge in [0.05, 0.1) is 0 Å². The van der Waals surface area contributed by atoms with Gasteiger partial charge in [-0.15, -0.1) is 11.6 Å². The van der Waals surface area contributed by atoms with Gasteiger partial charge in [-0.25, -0.2) is 0 Å². The molecule has 2 rings (SSSR count). The predicted molar refractivity (Wildman–Crippen MR) is 81.6 cm³/mol. The number of halogens is 1. The fourth-order valence-corrected chi connectivity index (χ4v) is 1.78. The van der Waals surface area contributed by atoms with Gasteiger partial charge in [0.1, 0.15) is 0 Å². The van der Waals surface area contributed by atoms with Crippen LogP contribution < -0.4 is 58.2 Å². The maximum Gasteiger partial charge on any atom is 1.00 e. The first kappa shape index (κ1) is 29.5. The van der Waals surface area contributed by atoms with Crippen molar-refractivity contribution in [1.82, 2.24) is 0 Å². The zero-order valence-corrected chi connectivity index (χ0v) is 22.4. The Balaban J connectivity index is -0.000000143. The number of fused-ring (bicyclic) bond motifs is 1. The average Bonchev–Trinajstić information content (AvgIpc) is 2.83. The Morgan fingerprint density at radius 1 is 1.05 bits per heavy atom. The Morgan fingerprint density at radius 3 is 1.95 bits per heavy atom. The van der Waals surface area contributed by atoms with E-state index in [4.69, 9.17) is 0 Å². The molecule has 0 bridgehead atoms. The summed E-state index contributed by atoms with van der Waals surface area (Å²) in [6.07, 6.45) is 2.98. The van der Waals surface area contributed by atoms with Gasteiger partial charge in [-0.2, -0.15) is 12.0 Å².